The highest BCUT2D eigenvalue weighted by atomic mass is 16.5. The van der Waals surface area contributed by atoms with Crippen LogP contribution in [0.1, 0.15) is 38.5 Å². The first-order chi connectivity index (χ1) is 7.19. The van der Waals surface area contributed by atoms with Crippen molar-refractivity contribution in [1.82, 2.24) is 4.98 Å². The van der Waals surface area contributed by atoms with Crippen molar-refractivity contribution in [2.75, 3.05) is 7.11 Å². The zero-order valence-corrected chi connectivity index (χ0v) is 9.60. The Hall–Kier alpha value is -1.09. The molecule has 0 radical (unpaired) electrons. The van der Waals surface area contributed by atoms with Crippen LogP contribution >= 0.6 is 0 Å². The molecule has 0 bridgehead atoms. The summed E-state index contributed by atoms with van der Waals surface area (Å²) in [7, 11) is 1.58. The fraction of sp³-hybridized carbons (Fsp3) is 0.583. The number of hydrogen-bond donors (Lipinski definition) is 1. The van der Waals surface area contributed by atoms with Crippen molar-refractivity contribution in [1.29, 1.82) is 0 Å². The SMILES string of the molecule is CCCC(C)C(O)c1cccc(OC)n1. The topological polar surface area (TPSA) is 42.4 Å². The van der Waals surface area contributed by atoms with E-state index in [4.69, 9.17) is 4.74 Å². The van der Waals surface area contributed by atoms with E-state index in [2.05, 4.69) is 11.9 Å². The molecule has 1 rings (SSSR count). The van der Waals surface area contributed by atoms with E-state index in [1.54, 1.807) is 13.2 Å². The number of pyridine rings is 1. The van der Waals surface area contributed by atoms with Crippen molar-refractivity contribution in [3.05, 3.63) is 23.9 Å². The van der Waals surface area contributed by atoms with E-state index in [1.165, 1.54) is 0 Å². The Morgan fingerprint density at radius 3 is 2.80 bits per heavy atom. The molecule has 2 atom stereocenters. The number of ether oxygens (including phenoxy) is 1. The van der Waals surface area contributed by atoms with Crippen LogP contribution in [-0.4, -0.2) is 17.2 Å². The van der Waals surface area contributed by atoms with Gasteiger partial charge in [0, 0.05) is 6.07 Å². The van der Waals surface area contributed by atoms with Crippen molar-refractivity contribution >= 4 is 0 Å². The second kappa shape index (κ2) is 5.71. The maximum Gasteiger partial charge on any atom is 0.213 e. The van der Waals surface area contributed by atoms with E-state index in [0.29, 0.717) is 11.6 Å². The van der Waals surface area contributed by atoms with Gasteiger partial charge in [0.1, 0.15) is 0 Å². The van der Waals surface area contributed by atoms with Gasteiger partial charge < -0.3 is 9.84 Å². The van der Waals surface area contributed by atoms with Gasteiger partial charge in [0.25, 0.3) is 0 Å². The minimum absolute atomic E-state index is 0.231. The van der Waals surface area contributed by atoms with E-state index in [1.807, 2.05) is 19.1 Å². The van der Waals surface area contributed by atoms with Crippen LogP contribution in [0.25, 0.3) is 0 Å². The highest BCUT2D eigenvalue weighted by molar-refractivity contribution is 5.17. The van der Waals surface area contributed by atoms with Crippen molar-refractivity contribution in [2.45, 2.75) is 32.8 Å². The average Bonchev–Trinajstić information content (AvgIpc) is 2.28. The molecule has 0 saturated heterocycles. The van der Waals surface area contributed by atoms with Crippen LogP contribution in [-0.2, 0) is 0 Å². The van der Waals surface area contributed by atoms with Crippen LogP contribution in [0, 0.1) is 5.92 Å². The normalized spacial score (nSPS) is 14.7. The zero-order chi connectivity index (χ0) is 11.3. The number of aliphatic hydroxyl groups excluding tert-OH is 1. The number of rotatable bonds is 5. The van der Waals surface area contributed by atoms with Gasteiger partial charge in [-0.15, -0.1) is 0 Å². The summed E-state index contributed by atoms with van der Waals surface area (Å²) in [4.78, 5) is 4.22. The molecule has 0 saturated carbocycles. The van der Waals surface area contributed by atoms with Gasteiger partial charge in [-0.2, -0.15) is 0 Å². The van der Waals surface area contributed by atoms with Gasteiger partial charge in [0.15, 0.2) is 0 Å². The van der Waals surface area contributed by atoms with Crippen molar-refractivity contribution < 1.29 is 9.84 Å². The van der Waals surface area contributed by atoms with Crippen LogP contribution in [0.4, 0.5) is 0 Å². The second-order valence-electron chi connectivity index (χ2n) is 3.82. The molecule has 1 aromatic rings. The van der Waals surface area contributed by atoms with Crippen LogP contribution in [0.2, 0.25) is 0 Å². The zero-order valence-electron chi connectivity index (χ0n) is 9.60. The molecule has 0 spiro atoms. The van der Waals surface area contributed by atoms with Crippen LogP contribution in [0.15, 0.2) is 18.2 Å². The molecule has 84 valence electrons. The Balaban J connectivity index is 2.76. The maximum absolute atomic E-state index is 10.0. The minimum atomic E-state index is -0.500. The molecule has 2 unspecified atom stereocenters. The minimum Gasteiger partial charge on any atom is -0.481 e. The summed E-state index contributed by atoms with van der Waals surface area (Å²) in [6.45, 7) is 4.15. The van der Waals surface area contributed by atoms with Crippen molar-refractivity contribution in [3.8, 4) is 5.88 Å². The number of methoxy groups -OCH3 is 1. The lowest BCUT2D eigenvalue weighted by molar-refractivity contribution is 0.107. The third kappa shape index (κ3) is 3.20. The first-order valence-corrected chi connectivity index (χ1v) is 5.38. The molecule has 1 heterocycles. The van der Waals surface area contributed by atoms with Gasteiger partial charge in [-0.3, -0.25) is 0 Å². The van der Waals surface area contributed by atoms with E-state index < -0.39 is 6.10 Å². The Bertz CT molecular complexity index is 301. The summed E-state index contributed by atoms with van der Waals surface area (Å²) >= 11 is 0. The lowest BCUT2D eigenvalue weighted by Crippen LogP contribution is -2.10. The Labute approximate surface area is 91.1 Å². The summed E-state index contributed by atoms with van der Waals surface area (Å²) in [6.07, 6.45) is 1.57. The number of nitrogens with zero attached hydrogens (tertiary/aromatic N) is 1. The molecular formula is C12H19NO2. The fourth-order valence-corrected chi connectivity index (χ4v) is 1.61. The molecule has 1 aromatic heterocycles. The summed E-state index contributed by atoms with van der Waals surface area (Å²) < 4.78 is 5.02. The average molecular weight is 209 g/mol. The molecular weight excluding hydrogens is 190 g/mol. The van der Waals surface area contributed by atoms with E-state index >= 15 is 0 Å². The molecule has 3 nitrogen and oxygen atoms in total. The van der Waals surface area contributed by atoms with Gasteiger partial charge in [-0.25, -0.2) is 4.98 Å². The molecule has 3 heteroatoms. The number of aromatic nitrogens is 1. The van der Waals surface area contributed by atoms with Gasteiger partial charge >= 0.3 is 0 Å². The van der Waals surface area contributed by atoms with Crippen molar-refractivity contribution in [3.63, 3.8) is 0 Å². The van der Waals surface area contributed by atoms with E-state index in [0.717, 1.165) is 12.8 Å². The lowest BCUT2D eigenvalue weighted by Gasteiger charge is -2.17. The van der Waals surface area contributed by atoms with Gasteiger partial charge in [0.2, 0.25) is 5.88 Å². The predicted octanol–water partition coefficient (Wildman–Crippen LogP) is 2.56. The molecule has 0 aromatic carbocycles. The summed E-state index contributed by atoms with van der Waals surface area (Å²) in [6, 6.07) is 5.46. The fourth-order valence-electron chi connectivity index (χ4n) is 1.61. The molecule has 0 aliphatic heterocycles. The van der Waals surface area contributed by atoms with E-state index in [-0.39, 0.29) is 5.92 Å². The van der Waals surface area contributed by atoms with Crippen LogP contribution < -0.4 is 4.74 Å². The first kappa shape index (κ1) is 12.0. The summed E-state index contributed by atoms with van der Waals surface area (Å²) in [5.74, 6) is 0.782. The standard InChI is InChI=1S/C12H19NO2/c1-4-6-9(2)12(14)10-7-5-8-11(13-10)15-3/h5,7-9,12,14H,4,6H2,1-3H3. The van der Waals surface area contributed by atoms with Crippen molar-refractivity contribution in [2.24, 2.45) is 5.92 Å². The number of hydrogen-bond acceptors (Lipinski definition) is 3. The lowest BCUT2D eigenvalue weighted by atomic mass is 9.97. The van der Waals surface area contributed by atoms with Crippen LogP contribution in [0.3, 0.4) is 0 Å². The Morgan fingerprint density at radius 2 is 2.20 bits per heavy atom. The summed E-state index contributed by atoms with van der Waals surface area (Å²) in [5, 5.41) is 10.0. The molecule has 1 N–H and O–H groups in total. The molecule has 15 heavy (non-hydrogen) atoms. The van der Waals surface area contributed by atoms with Gasteiger partial charge in [0.05, 0.1) is 18.9 Å². The van der Waals surface area contributed by atoms with Gasteiger partial charge in [-0.05, 0) is 18.4 Å². The third-order valence-electron chi connectivity index (χ3n) is 2.54. The predicted molar refractivity (Wildman–Crippen MR) is 59.8 cm³/mol. The smallest absolute Gasteiger partial charge is 0.213 e. The monoisotopic (exact) mass is 209 g/mol. The highest BCUT2D eigenvalue weighted by Gasteiger charge is 2.17. The quantitative estimate of drug-likeness (QED) is 0.810. The molecule has 0 amide bonds. The molecule has 0 aliphatic rings. The second-order valence-corrected chi connectivity index (χ2v) is 3.82. The third-order valence-corrected chi connectivity index (χ3v) is 2.54. The van der Waals surface area contributed by atoms with Crippen LogP contribution in [0.5, 0.6) is 5.88 Å². The highest BCUT2D eigenvalue weighted by Crippen LogP contribution is 2.24. The Kier molecular flexibility index (Phi) is 4.56. The summed E-state index contributed by atoms with van der Waals surface area (Å²) in [5.41, 5.74) is 0.690. The largest absolute Gasteiger partial charge is 0.481 e. The van der Waals surface area contributed by atoms with E-state index in [9.17, 15) is 5.11 Å². The Morgan fingerprint density at radius 1 is 1.47 bits per heavy atom. The van der Waals surface area contributed by atoms with Gasteiger partial charge in [-0.1, -0.05) is 26.3 Å². The molecule has 0 fully saturated rings. The number of aliphatic hydroxyl groups is 1. The first-order valence-electron chi connectivity index (χ1n) is 5.38. The maximum atomic E-state index is 10.0. The molecule has 0 aliphatic carbocycles.